The molecule has 4 rings (SSSR count). The SMILES string of the molecule is C1CO[C@H](CN(Cc2nnnn2C2CC2)C[C@@H]2CCCO2)C1. The minimum Gasteiger partial charge on any atom is -0.377 e. The van der Waals surface area contributed by atoms with Crippen LogP contribution < -0.4 is 0 Å². The molecule has 0 spiro atoms. The molecule has 1 aromatic rings. The van der Waals surface area contributed by atoms with Gasteiger partial charge in [0.2, 0.25) is 0 Å². The van der Waals surface area contributed by atoms with Crippen molar-refractivity contribution >= 4 is 0 Å². The van der Waals surface area contributed by atoms with Crippen molar-refractivity contribution < 1.29 is 9.47 Å². The second kappa shape index (κ2) is 6.60. The van der Waals surface area contributed by atoms with Gasteiger partial charge in [-0.25, -0.2) is 4.68 Å². The van der Waals surface area contributed by atoms with Crippen molar-refractivity contribution in [1.29, 1.82) is 0 Å². The molecule has 2 saturated heterocycles. The van der Waals surface area contributed by atoms with Crippen LogP contribution in [0.25, 0.3) is 0 Å². The van der Waals surface area contributed by atoms with E-state index in [4.69, 9.17) is 9.47 Å². The molecule has 0 N–H and O–H groups in total. The molecule has 0 aromatic carbocycles. The van der Waals surface area contributed by atoms with Gasteiger partial charge in [0, 0.05) is 26.3 Å². The summed E-state index contributed by atoms with van der Waals surface area (Å²) in [6, 6.07) is 0.525. The predicted octanol–water partition coefficient (Wildman–Crippen LogP) is 1.17. The number of aromatic nitrogens is 4. The largest absolute Gasteiger partial charge is 0.377 e. The number of rotatable bonds is 7. The van der Waals surface area contributed by atoms with Crippen molar-refractivity contribution in [2.75, 3.05) is 26.3 Å². The van der Waals surface area contributed by atoms with Crippen molar-refractivity contribution in [3.63, 3.8) is 0 Å². The second-order valence-corrected chi connectivity index (χ2v) is 6.73. The maximum atomic E-state index is 5.82. The van der Waals surface area contributed by atoms with Gasteiger partial charge in [0.05, 0.1) is 24.8 Å². The van der Waals surface area contributed by atoms with Gasteiger partial charge < -0.3 is 9.47 Å². The molecule has 3 heterocycles. The Hall–Kier alpha value is -1.05. The summed E-state index contributed by atoms with van der Waals surface area (Å²) >= 11 is 0. The molecular weight excluding hydrogens is 282 g/mol. The molecule has 7 nitrogen and oxygen atoms in total. The summed E-state index contributed by atoms with van der Waals surface area (Å²) in [7, 11) is 0. The van der Waals surface area contributed by atoms with Gasteiger partial charge in [0.15, 0.2) is 5.82 Å². The molecule has 2 atom stereocenters. The Morgan fingerprint density at radius 2 is 1.68 bits per heavy atom. The van der Waals surface area contributed by atoms with Gasteiger partial charge in [-0.3, -0.25) is 4.90 Å². The number of nitrogens with zero attached hydrogens (tertiary/aromatic N) is 5. The predicted molar refractivity (Wildman–Crippen MR) is 79.3 cm³/mol. The number of hydrogen-bond acceptors (Lipinski definition) is 6. The Morgan fingerprint density at radius 1 is 1.00 bits per heavy atom. The third-order valence-electron chi connectivity index (χ3n) is 4.79. The Kier molecular flexibility index (Phi) is 4.36. The van der Waals surface area contributed by atoms with Crippen LogP contribution >= 0.6 is 0 Å². The molecule has 2 aliphatic heterocycles. The standard InChI is InChI=1S/C15H25N5O2/c1-3-13(21-7-1)9-19(10-14-4-2-8-22-14)11-15-16-17-18-20(15)12-5-6-12/h12-14H,1-11H2/t13-,14-/m0/s1. The lowest BCUT2D eigenvalue weighted by molar-refractivity contribution is 0.0331. The zero-order chi connectivity index (χ0) is 14.8. The number of hydrogen-bond donors (Lipinski definition) is 0. The smallest absolute Gasteiger partial charge is 0.165 e. The molecule has 122 valence electrons. The van der Waals surface area contributed by atoms with Crippen LogP contribution in [0.5, 0.6) is 0 Å². The van der Waals surface area contributed by atoms with Crippen LogP contribution in [0, 0.1) is 0 Å². The van der Waals surface area contributed by atoms with Gasteiger partial charge >= 0.3 is 0 Å². The maximum Gasteiger partial charge on any atom is 0.165 e. The lowest BCUT2D eigenvalue weighted by Crippen LogP contribution is -2.38. The molecule has 0 radical (unpaired) electrons. The quantitative estimate of drug-likeness (QED) is 0.753. The van der Waals surface area contributed by atoms with Crippen LogP contribution in [0.4, 0.5) is 0 Å². The number of ether oxygens (including phenoxy) is 2. The monoisotopic (exact) mass is 307 g/mol. The average Bonchev–Trinajstić information content (AvgIpc) is 2.97. The topological polar surface area (TPSA) is 65.3 Å². The molecule has 3 fully saturated rings. The van der Waals surface area contributed by atoms with Crippen LogP contribution in [-0.4, -0.2) is 63.6 Å². The zero-order valence-electron chi connectivity index (χ0n) is 13.1. The molecule has 0 amide bonds. The molecule has 7 heteroatoms. The van der Waals surface area contributed by atoms with Crippen LogP contribution in [0.1, 0.15) is 50.4 Å². The maximum absolute atomic E-state index is 5.82. The summed E-state index contributed by atoms with van der Waals surface area (Å²) in [5.74, 6) is 0.985. The van der Waals surface area contributed by atoms with Crippen LogP contribution in [0.2, 0.25) is 0 Å². The average molecular weight is 307 g/mol. The fourth-order valence-electron chi connectivity index (χ4n) is 3.48. The normalized spacial score (nSPS) is 28.8. The van der Waals surface area contributed by atoms with Gasteiger partial charge in [0.25, 0.3) is 0 Å². The highest BCUT2D eigenvalue weighted by molar-refractivity contribution is 4.91. The van der Waals surface area contributed by atoms with Crippen molar-refractivity contribution in [2.24, 2.45) is 0 Å². The van der Waals surface area contributed by atoms with Crippen molar-refractivity contribution in [3.05, 3.63) is 5.82 Å². The van der Waals surface area contributed by atoms with E-state index in [1.54, 1.807) is 0 Å². The van der Waals surface area contributed by atoms with Crippen LogP contribution in [0.3, 0.4) is 0 Å². The highest BCUT2D eigenvalue weighted by Gasteiger charge is 2.30. The first kappa shape index (κ1) is 14.5. The third kappa shape index (κ3) is 3.47. The summed E-state index contributed by atoms with van der Waals surface area (Å²) in [4.78, 5) is 2.43. The van der Waals surface area contributed by atoms with Crippen molar-refractivity contribution in [3.8, 4) is 0 Å². The summed E-state index contributed by atoms with van der Waals surface area (Å²) in [5, 5.41) is 12.3. The Labute approximate surface area is 130 Å². The van der Waals surface area contributed by atoms with E-state index >= 15 is 0 Å². The highest BCUT2D eigenvalue weighted by Crippen LogP contribution is 2.34. The van der Waals surface area contributed by atoms with E-state index in [-0.39, 0.29) is 0 Å². The molecule has 1 saturated carbocycles. The first-order chi connectivity index (χ1) is 10.9. The van der Waals surface area contributed by atoms with E-state index in [1.807, 2.05) is 4.68 Å². The summed E-state index contributed by atoms with van der Waals surface area (Å²) in [5.41, 5.74) is 0. The van der Waals surface area contributed by atoms with Gasteiger partial charge in [0.1, 0.15) is 0 Å². The number of tetrazole rings is 1. The summed E-state index contributed by atoms with van der Waals surface area (Å²) in [6.45, 7) is 4.51. The van der Waals surface area contributed by atoms with E-state index in [9.17, 15) is 0 Å². The Morgan fingerprint density at radius 3 is 2.23 bits per heavy atom. The Bertz CT molecular complexity index is 460. The van der Waals surface area contributed by atoms with E-state index in [1.165, 1.54) is 25.7 Å². The van der Waals surface area contributed by atoms with Crippen molar-refractivity contribution in [1.82, 2.24) is 25.1 Å². The van der Waals surface area contributed by atoms with E-state index in [0.717, 1.165) is 51.5 Å². The molecule has 3 aliphatic rings. The third-order valence-corrected chi connectivity index (χ3v) is 4.79. The highest BCUT2D eigenvalue weighted by atomic mass is 16.5. The summed E-state index contributed by atoms with van der Waals surface area (Å²) in [6.07, 6.45) is 7.80. The minimum atomic E-state index is 0.353. The van der Waals surface area contributed by atoms with Gasteiger partial charge in [-0.2, -0.15) is 0 Å². The summed E-state index contributed by atoms with van der Waals surface area (Å²) < 4.78 is 13.6. The van der Waals surface area contributed by atoms with Crippen molar-refractivity contribution in [2.45, 2.75) is 63.3 Å². The van der Waals surface area contributed by atoms with Crippen LogP contribution in [-0.2, 0) is 16.0 Å². The molecular formula is C15H25N5O2. The van der Waals surface area contributed by atoms with Gasteiger partial charge in [-0.1, -0.05) is 0 Å². The van der Waals surface area contributed by atoms with E-state index in [2.05, 4.69) is 20.4 Å². The molecule has 1 aromatic heterocycles. The second-order valence-electron chi connectivity index (χ2n) is 6.73. The molecule has 0 bridgehead atoms. The first-order valence-corrected chi connectivity index (χ1v) is 8.61. The molecule has 1 aliphatic carbocycles. The first-order valence-electron chi connectivity index (χ1n) is 8.61. The van der Waals surface area contributed by atoms with E-state index in [0.29, 0.717) is 18.2 Å². The lowest BCUT2D eigenvalue weighted by Gasteiger charge is -2.27. The lowest BCUT2D eigenvalue weighted by atomic mass is 10.2. The molecule has 22 heavy (non-hydrogen) atoms. The fraction of sp³-hybridized carbons (Fsp3) is 0.933. The Balaban J connectivity index is 1.41. The minimum absolute atomic E-state index is 0.353. The van der Waals surface area contributed by atoms with E-state index < -0.39 is 0 Å². The molecule has 0 unspecified atom stereocenters. The zero-order valence-corrected chi connectivity index (χ0v) is 13.1. The van der Waals surface area contributed by atoms with Crippen LogP contribution in [0.15, 0.2) is 0 Å². The van der Waals surface area contributed by atoms with Gasteiger partial charge in [-0.15, -0.1) is 5.10 Å². The van der Waals surface area contributed by atoms with Gasteiger partial charge in [-0.05, 0) is 49.0 Å². The fourth-order valence-corrected chi connectivity index (χ4v) is 3.48.